The van der Waals surface area contributed by atoms with Crippen LogP contribution in [0.4, 0.5) is 4.39 Å². The summed E-state index contributed by atoms with van der Waals surface area (Å²) in [7, 11) is 0. The number of ether oxygens (including phenoxy) is 1. The van der Waals surface area contributed by atoms with E-state index in [-0.39, 0.29) is 17.8 Å². The minimum atomic E-state index is -0.375. The van der Waals surface area contributed by atoms with Crippen LogP contribution in [-0.4, -0.2) is 11.9 Å². The number of carbonyl (C=O) groups excluding carboxylic acids is 1. The molecule has 0 heterocycles. The van der Waals surface area contributed by atoms with Crippen molar-refractivity contribution in [2.75, 3.05) is 0 Å². The van der Waals surface area contributed by atoms with Crippen molar-refractivity contribution in [2.45, 2.75) is 33.0 Å². The lowest BCUT2D eigenvalue weighted by molar-refractivity contribution is -0.119. The van der Waals surface area contributed by atoms with Gasteiger partial charge in [-0.05, 0) is 42.7 Å². The predicted octanol–water partition coefficient (Wildman–Crippen LogP) is 2.68. The summed E-state index contributed by atoms with van der Waals surface area (Å²) < 4.78 is 18.9. The SMILES string of the molecule is Cc1cc(F)cc(OCc2ccc(CN[C@H](C)C(N)=O)cc2)c1. The molecule has 23 heavy (non-hydrogen) atoms. The maximum absolute atomic E-state index is 13.3. The van der Waals surface area contributed by atoms with E-state index in [2.05, 4.69) is 5.32 Å². The van der Waals surface area contributed by atoms with Gasteiger partial charge in [-0.3, -0.25) is 4.79 Å². The van der Waals surface area contributed by atoms with Crippen molar-refractivity contribution in [1.82, 2.24) is 5.32 Å². The summed E-state index contributed by atoms with van der Waals surface area (Å²) in [6.07, 6.45) is 0. The van der Waals surface area contributed by atoms with Crippen molar-refractivity contribution < 1.29 is 13.9 Å². The Bertz CT molecular complexity index is 651. The third kappa shape index (κ3) is 5.38. The number of nitrogens with two attached hydrogens (primary N) is 1. The fourth-order valence-corrected chi connectivity index (χ4v) is 2.08. The standard InChI is InChI=1S/C18H21FN2O2/c1-12-7-16(19)9-17(8-12)23-11-15-5-3-14(4-6-15)10-21-13(2)18(20)22/h3-9,13,21H,10-11H2,1-2H3,(H2,20,22)/t13-/m1/s1. The number of primary amides is 1. The highest BCUT2D eigenvalue weighted by Gasteiger charge is 2.07. The summed E-state index contributed by atoms with van der Waals surface area (Å²) in [5, 5.41) is 3.04. The Morgan fingerprint density at radius 1 is 1.22 bits per heavy atom. The number of nitrogens with one attached hydrogen (secondary N) is 1. The van der Waals surface area contributed by atoms with Gasteiger partial charge in [-0.1, -0.05) is 24.3 Å². The smallest absolute Gasteiger partial charge is 0.234 e. The van der Waals surface area contributed by atoms with E-state index < -0.39 is 0 Å². The van der Waals surface area contributed by atoms with Crippen LogP contribution in [0.25, 0.3) is 0 Å². The summed E-state index contributed by atoms with van der Waals surface area (Å²) in [5.74, 6) is -0.158. The lowest BCUT2D eigenvalue weighted by Gasteiger charge is -2.11. The predicted molar refractivity (Wildman–Crippen MR) is 87.4 cm³/mol. The Labute approximate surface area is 135 Å². The van der Waals surface area contributed by atoms with Crippen LogP contribution in [0.3, 0.4) is 0 Å². The first-order valence-electron chi connectivity index (χ1n) is 7.44. The van der Waals surface area contributed by atoms with E-state index in [0.717, 1.165) is 16.7 Å². The highest BCUT2D eigenvalue weighted by atomic mass is 19.1. The van der Waals surface area contributed by atoms with E-state index in [9.17, 15) is 9.18 Å². The Hall–Kier alpha value is -2.40. The molecule has 0 spiro atoms. The van der Waals surface area contributed by atoms with E-state index in [1.165, 1.54) is 12.1 Å². The molecule has 0 saturated carbocycles. The molecule has 2 rings (SSSR count). The van der Waals surface area contributed by atoms with Crippen LogP contribution in [0.15, 0.2) is 42.5 Å². The van der Waals surface area contributed by atoms with Gasteiger partial charge in [0.1, 0.15) is 18.2 Å². The Kier molecular flexibility index (Phi) is 5.71. The number of carbonyl (C=O) groups is 1. The van der Waals surface area contributed by atoms with Gasteiger partial charge in [0.05, 0.1) is 6.04 Å². The quantitative estimate of drug-likeness (QED) is 0.825. The first-order valence-corrected chi connectivity index (χ1v) is 7.44. The molecule has 122 valence electrons. The van der Waals surface area contributed by atoms with Crippen LogP contribution in [0.1, 0.15) is 23.6 Å². The van der Waals surface area contributed by atoms with Crippen LogP contribution in [0.5, 0.6) is 5.75 Å². The van der Waals surface area contributed by atoms with Gasteiger partial charge in [0.15, 0.2) is 0 Å². The summed E-state index contributed by atoms with van der Waals surface area (Å²) in [6, 6.07) is 12.1. The minimum absolute atomic E-state index is 0.301. The van der Waals surface area contributed by atoms with E-state index in [4.69, 9.17) is 10.5 Å². The molecule has 1 amide bonds. The fourth-order valence-electron chi connectivity index (χ4n) is 2.08. The molecule has 0 aliphatic rings. The normalized spacial score (nSPS) is 12.0. The molecule has 2 aromatic carbocycles. The largest absolute Gasteiger partial charge is 0.489 e. The third-order valence-electron chi connectivity index (χ3n) is 3.48. The van der Waals surface area contributed by atoms with Gasteiger partial charge in [-0.2, -0.15) is 0 Å². The van der Waals surface area contributed by atoms with Crippen molar-refractivity contribution >= 4 is 5.91 Å². The molecule has 3 N–H and O–H groups in total. The lowest BCUT2D eigenvalue weighted by atomic mass is 10.1. The molecule has 0 aromatic heterocycles. The molecular weight excluding hydrogens is 295 g/mol. The first kappa shape index (κ1) is 17.0. The zero-order valence-corrected chi connectivity index (χ0v) is 13.3. The zero-order chi connectivity index (χ0) is 16.8. The first-order chi connectivity index (χ1) is 10.9. The van der Waals surface area contributed by atoms with Gasteiger partial charge in [-0.15, -0.1) is 0 Å². The Balaban J connectivity index is 1.88. The van der Waals surface area contributed by atoms with Crippen molar-refractivity contribution in [3.05, 3.63) is 65.0 Å². The summed E-state index contributed by atoms with van der Waals surface area (Å²) in [4.78, 5) is 11.0. The van der Waals surface area contributed by atoms with Gasteiger partial charge in [0.2, 0.25) is 5.91 Å². The number of benzene rings is 2. The highest BCUT2D eigenvalue weighted by Crippen LogP contribution is 2.17. The zero-order valence-electron chi connectivity index (χ0n) is 13.3. The molecule has 0 aliphatic carbocycles. The number of halogens is 1. The Morgan fingerprint density at radius 3 is 2.48 bits per heavy atom. The molecular formula is C18H21FN2O2. The second-order valence-electron chi connectivity index (χ2n) is 5.57. The van der Waals surface area contributed by atoms with Gasteiger partial charge >= 0.3 is 0 Å². The van der Waals surface area contributed by atoms with Crippen LogP contribution < -0.4 is 15.8 Å². The second-order valence-corrected chi connectivity index (χ2v) is 5.57. The van der Waals surface area contributed by atoms with E-state index in [0.29, 0.717) is 18.9 Å². The molecule has 0 radical (unpaired) electrons. The summed E-state index contributed by atoms with van der Waals surface area (Å²) in [6.45, 7) is 4.49. The molecule has 4 nitrogen and oxygen atoms in total. The van der Waals surface area contributed by atoms with Gasteiger partial charge in [0, 0.05) is 12.6 Å². The average molecular weight is 316 g/mol. The highest BCUT2D eigenvalue weighted by molar-refractivity contribution is 5.79. The number of aryl methyl sites for hydroxylation is 1. The maximum Gasteiger partial charge on any atom is 0.234 e. The molecule has 0 saturated heterocycles. The fraction of sp³-hybridized carbons (Fsp3) is 0.278. The maximum atomic E-state index is 13.3. The molecule has 0 unspecified atom stereocenters. The van der Waals surface area contributed by atoms with E-state index in [1.54, 1.807) is 13.0 Å². The van der Waals surface area contributed by atoms with Crippen molar-refractivity contribution in [1.29, 1.82) is 0 Å². The van der Waals surface area contributed by atoms with Crippen LogP contribution in [0, 0.1) is 12.7 Å². The van der Waals surface area contributed by atoms with Crippen molar-refractivity contribution in [3.63, 3.8) is 0 Å². The topological polar surface area (TPSA) is 64.3 Å². The monoisotopic (exact) mass is 316 g/mol. The number of hydrogen-bond acceptors (Lipinski definition) is 3. The number of amides is 1. The molecule has 0 bridgehead atoms. The lowest BCUT2D eigenvalue weighted by Crippen LogP contribution is -2.38. The van der Waals surface area contributed by atoms with Gasteiger partial charge in [-0.25, -0.2) is 4.39 Å². The van der Waals surface area contributed by atoms with Gasteiger partial charge in [0.25, 0.3) is 0 Å². The molecule has 2 aromatic rings. The van der Waals surface area contributed by atoms with E-state index >= 15 is 0 Å². The number of hydrogen-bond donors (Lipinski definition) is 2. The molecule has 0 fully saturated rings. The summed E-state index contributed by atoms with van der Waals surface area (Å²) >= 11 is 0. The Morgan fingerprint density at radius 2 is 1.87 bits per heavy atom. The van der Waals surface area contributed by atoms with Crippen LogP contribution in [0.2, 0.25) is 0 Å². The molecule has 0 aliphatic heterocycles. The van der Waals surface area contributed by atoms with Crippen LogP contribution >= 0.6 is 0 Å². The van der Waals surface area contributed by atoms with Crippen molar-refractivity contribution in [2.24, 2.45) is 5.73 Å². The second kappa shape index (κ2) is 7.74. The third-order valence-corrected chi connectivity index (χ3v) is 3.48. The average Bonchev–Trinajstić information content (AvgIpc) is 2.50. The van der Waals surface area contributed by atoms with Crippen LogP contribution in [-0.2, 0) is 17.9 Å². The van der Waals surface area contributed by atoms with Crippen molar-refractivity contribution in [3.8, 4) is 5.75 Å². The minimum Gasteiger partial charge on any atom is -0.489 e. The molecule has 1 atom stereocenters. The van der Waals surface area contributed by atoms with Gasteiger partial charge < -0.3 is 15.8 Å². The van der Waals surface area contributed by atoms with E-state index in [1.807, 2.05) is 31.2 Å². The molecule has 5 heteroatoms. The summed E-state index contributed by atoms with van der Waals surface area (Å²) in [5.41, 5.74) is 8.05. The number of rotatable bonds is 7.